The van der Waals surface area contributed by atoms with E-state index in [4.69, 9.17) is 4.42 Å². The van der Waals surface area contributed by atoms with Gasteiger partial charge in [-0.25, -0.2) is 0 Å². The lowest BCUT2D eigenvalue weighted by Crippen LogP contribution is -1.89. The lowest BCUT2D eigenvalue weighted by atomic mass is 9.87. The average Bonchev–Trinajstić information content (AvgIpc) is 3.63. The van der Waals surface area contributed by atoms with Crippen LogP contribution in [0.15, 0.2) is 199 Å². The fourth-order valence-corrected chi connectivity index (χ4v) is 9.10. The zero-order valence-corrected chi connectivity index (χ0v) is 29.9. The molecule has 0 bridgehead atoms. The van der Waals surface area contributed by atoms with Crippen LogP contribution in [0.25, 0.3) is 120 Å². The van der Waals surface area contributed by atoms with E-state index in [1.54, 1.807) is 0 Å². The maximum Gasteiger partial charge on any atom is 0.135 e. The molecule has 1 nitrogen and oxygen atoms in total. The summed E-state index contributed by atoms with van der Waals surface area (Å²) in [6.07, 6.45) is 0. The molecule has 0 unspecified atom stereocenters. The van der Waals surface area contributed by atoms with Crippen molar-refractivity contribution in [2.45, 2.75) is 0 Å². The first-order valence-electron chi connectivity index (χ1n) is 19.0. The van der Waals surface area contributed by atoms with E-state index >= 15 is 0 Å². The monoisotopic (exact) mass is 696 g/mol. The van der Waals surface area contributed by atoms with E-state index < -0.39 is 0 Å². The Morgan fingerprint density at radius 1 is 0.236 bits per heavy atom. The molecule has 12 rings (SSSR count). The smallest absolute Gasteiger partial charge is 0.135 e. The molecule has 12 aromatic rings. The predicted octanol–water partition coefficient (Wildman–Crippen LogP) is 15.5. The summed E-state index contributed by atoms with van der Waals surface area (Å²) in [6.45, 7) is 0. The molecule has 1 heterocycles. The minimum absolute atomic E-state index is 0.906. The van der Waals surface area contributed by atoms with Gasteiger partial charge in [0.25, 0.3) is 0 Å². The molecule has 0 radical (unpaired) electrons. The van der Waals surface area contributed by atoms with Crippen LogP contribution in [0.2, 0.25) is 0 Å². The normalized spacial score (nSPS) is 12.0. The fourth-order valence-electron chi connectivity index (χ4n) is 9.10. The molecule has 0 aliphatic heterocycles. The molecule has 0 saturated heterocycles. The molecule has 0 spiro atoms. The lowest BCUT2D eigenvalue weighted by Gasteiger charge is -2.16. The summed E-state index contributed by atoms with van der Waals surface area (Å²) in [7, 11) is 0. The van der Waals surface area contributed by atoms with Crippen molar-refractivity contribution < 1.29 is 4.42 Å². The minimum Gasteiger partial charge on any atom is -0.456 e. The summed E-state index contributed by atoms with van der Waals surface area (Å²) in [4.78, 5) is 0. The maximum absolute atomic E-state index is 6.33. The topological polar surface area (TPSA) is 13.1 Å². The largest absolute Gasteiger partial charge is 0.456 e. The van der Waals surface area contributed by atoms with Crippen molar-refractivity contribution in [2.24, 2.45) is 0 Å². The molecule has 0 atom stereocenters. The predicted molar refractivity (Wildman–Crippen MR) is 235 cm³/mol. The Morgan fingerprint density at radius 2 is 0.636 bits per heavy atom. The number of hydrogen-bond donors (Lipinski definition) is 0. The van der Waals surface area contributed by atoms with Crippen molar-refractivity contribution in [3.63, 3.8) is 0 Å². The van der Waals surface area contributed by atoms with Gasteiger partial charge < -0.3 is 4.42 Å². The third-order valence-corrected chi connectivity index (χ3v) is 11.8. The van der Waals surface area contributed by atoms with E-state index in [0.717, 1.165) is 21.9 Å². The third kappa shape index (κ3) is 4.67. The highest BCUT2D eigenvalue weighted by molar-refractivity contribution is 6.33. The zero-order chi connectivity index (χ0) is 36.0. The second kappa shape index (κ2) is 11.6. The van der Waals surface area contributed by atoms with Gasteiger partial charge in [0.2, 0.25) is 0 Å². The number of fused-ring (bicyclic) bond motifs is 13. The summed E-state index contributed by atoms with van der Waals surface area (Å²) in [5, 5.41) is 17.6. The Kier molecular flexibility index (Phi) is 6.40. The number of hydrogen-bond acceptors (Lipinski definition) is 1. The molecule has 0 fully saturated rings. The molecule has 1 aromatic heterocycles. The van der Waals surface area contributed by atoms with Gasteiger partial charge in [-0.3, -0.25) is 0 Å². The van der Waals surface area contributed by atoms with Crippen LogP contribution in [0.3, 0.4) is 0 Å². The molecular formula is C54H32O. The molecule has 1 heteroatoms. The molecule has 55 heavy (non-hydrogen) atoms. The Bertz CT molecular complexity index is 3550. The Balaban J connectivity index is 0.969. The third-order valence-electron chi connectivity index (χ3n) is 11.8. The van der Waals surface area contributed by atoms with E-state index in [9.17, 15) is 0 Å². The highest BCUT2D eigenvalue weighted by Gasteiger charge is 2.16. The first-order chi connectivity index (χ1) is 27.2. The van der Waals surface area contributed by atoms with Crippen LogP contribution in [0.1, 0.15) is 0 Å². The van der Waals surface area contributed by atoms with E-state index in [1.807, 2.05) is 0 Å². The van der Waals surface area contributed by atoms with Gasteiger partial charge in [-0.1, -0.05) is 146 Å². The molecular weight excluding hydrogens is 665 g/mol. The van der Waals surface area contributed by atoms with Gasteiger partial charge in [0.05, 0.1) is 0 Å². The first kappa shape index (κ1) is 30.3. The molecule has 0 amide bonds. The van der Waals surface area contributed by atoms with Crippen molar-refractivity contribution in [3.8, 4) is 33.4 Å². The van der Waals surface area contributed by atoms with Gasteiger partial charge in [0.15, 0.2) is 0 Å². The second-order valence-electron chi connectivity index (χ2n) is 14.8. The lowest BCUT2D eigenvalue weighted by molar-refractivity contribution is 0.669. The van der Waals surface area contributed by atoms with Crippen molar-refractivity contribution in [1.82, 2.24) is 0 Å². The highest BCUT2D eigenvalue weighted by Crippen LogP contribution is 2.43. The van der Waals surface area contributed by atoms with Crippen LogP contribution in [0.5, 0.6) is 0 Å². The number of benzene rings is 11. The molecule has 11 aromatic carbocycles. The van der Waals surface area contributed by atoms with Crippen molar-refractivity contribution in [2.75, 3.05) is 0 Å². The summed E-state index contributed by atoms with van der Waals surface area (Å²) >= 11 is 0. The van der Waals surface area contributed by atoms with Gasteiger partial charge in [0.1, 0.15) is 11.2 Å². The van der Waals surface area contributed by atoms with Gasteiger partial charge in [-0.05, 0) is 147 Å². The van der Waals surface area contributed by atoms with E-state index in [1.165, 1.54) is 98.0 Å². The van der Waals surface area contributed by atoms with Gasteiger partial charge in [0, 0.05) is 10.8 Å². The number of rotatable bonds is 3. The van der Waals surface area contributed by atoms with E-state index in [2.05, 4.69) is 194 Å². The van der Waals surface area contributed by atoms with Crippen molar-refractivity contribution in [3.05, 3.63) is 194 Å². The van der Waals surface area contributed by atoms with Gasteiger partial charge in [-0.15, -0.1) is 0 Å². The van der Waals surface area contributed by atoms with Crippen molar-refractivity contribution >= 4 is 86.6 Å². The zero-order valence-electron chi connectivity index (χ0n) is 29.9. The Morgan fingerprint density at radius 3 is 1.27 bits per heavy atom. The summed E-state index contributed by atoms with van der Waals surface area (Å²) < 4.78 is 6.33. The van der Waals surface area contributed by atoms with Crippen LogP contribution in [0.4, 0.5) is 0 Å². The molecule has 0 saturated carbocycles. The summed E-state index contributed by atoms with van der Waals surface area (Å²) in [5.74, 6) is 0. The van der Waals surface area contributed by atoms with Crippen LogP contribution in [0, 0.1) is 0 Å². The Labute approximate surface area is 317 Å². The fraction of sp³-hybridized carbons (Fsp3) is 0. The standard InChI is InChI=1S/C54H32O/c1-2-10-34-27-36(18-17-33(34)9-1)39-23-25-52-49(30-39)50-31-40(24-26-53(50)55-52)37-19-20-38-29-41(22-21-35(38)28-37)48-32-51-44-13-4-3-11-42(44)43-12-5-7-15-46(43)54(51)47-16-8-6-14-45(47)48/h1-32H. The SMILES string of the molecule is c1ccc2cc(-c3ccc4oc5ccc(-c6ccc7cc(-c8cc9c%10ccccc%10c%10ccccc%10c9c9ccccc89)ccc7c6)cc5c4c3)ccc2c1. The first-order valence-corrected chi connectivity index (χ1v) is 19.0. The summed E-state index contributed by atoms with van der Waals surface area (Å²) in [6, 6.07) is 71.2. The molecule has 0 aliphatic rings. The molecule has 0 N–H and O–H groups in total. The molecule has 0 aliphatic carbocycles. The average molecular weight is 697 g/mol. The quantitative estimate of drug-likeness (QED) is 0.168. The van der Waals surface area contributed by atoms with Crippen molar-refractivity contribution in [1.29, 1.82) is 0 Å². The van der Waals surface area contributed by atoms with Crippen LogP contribution >= 0.6 is 0 Å². The van der Waals surface area contributed by atoms with Gasteiger partial charge in [-0.2, -0.15) is 0 Å². The Hall–Kier alpha value is -7.22. The highest BCUT2D eigenvalue weighted by atomic mass is 16.3. The van der Waals surface area contributed by atoms with Crippen LogP contribution < -0.4 is 0 Å². The van der Waals surface area contributed by atoms with Crippen LogP contribution in [-0.2, 0) is 0 Å². The molecule has 254 valence electrons. The second-order valence-corrected chi connectivity index (χ2v) is 14.8. The van der Waals surface area contributed by atoms with Gasteiger partial charge >= 0.3 is 0 Å². The minimum atomic E-state index is 0.906. The van der Waals surface area contributed by atoms with E-state index in [0.29, 0.717) is 0 Å². The van der Waals surface area contributed by atoms with E-state index in [-0.39, 0.29) is 0 Å². The summed E-state index contributed by atoms with van der Waals surface area (Å²) in [5.41, 5.74) is 9.06. The van der Waals surface area contributed by atoms with Crippen LogP contribution in [-0.4, -0.2) is 0 Å². The maximum atomic E-state index is 6.33. The number of furan rings is 1.